The summed E-state index contributed by atoms with van der Waals surface area (Å²) in [7, 11) is 1.88. The first-order valence-corrected chi connectivity index (χ1v) is 6.18. The van der Waals surface area contributed by atoms with E-state index >= 15 is 0 Å². The van der Waals surface area contributed by atoms with Crippen LogP contribution in [0.25, 0.3) is 11.0 Å². The topological polar surface area (TPSA) is 25.2 Å². The highest BCUT2D eigenvalue weighted by Crippen LogP contribution is 2.30. The van der Waals surface area contributed by atoms with Gasteiger partial charge in [-0.15, -0.1) is 0 Å². The number of para-hydroxylation sites is 1. The number of rotatable bonds is 3. The lowest BCUT2D eigenvalue weighted by Gasteiger charge is -2.15. The van der Waals surface area contributed by atoms with Crippen molar-refractivity contribution in [2.75, 3.05) is 7.05 Å². The molecule has 3 aromatic rings. The second-order valence-electron chi connectivity index (χ2n) is 4.46. The third kappa shape index (κ3) is 2.13. The molecule has 0 radical (unpaired) electrons. The summed E-state index contributed by atoms with van der Waals surface area (Å²) in [4.78, 5) is 0. The molecule has 1 unspecified atom stereocenters. The molecule has 0 aliphatic rings. The summed E-state index contributed by atoms with van der Waals surface area (Å²) in [6, 6.07) is 14.4. The first-order chi connectivity index (χ1) is 9.29. The van der Waals surface area contributed by atoms with Crippen LogP contribution in [-0.4, -0.2) is 7.05 Å². The molecule has 2 nitrogen and oxygen atoms in total. The molecule has 1 aromatic heterocycles. The van der Waals surface area contributed by atoms with Gasteiger partial charge in [0.15, 0.2) is 0 Å². The zero-order valence-electron chi connectivity index (χ0n) is 10.6. The molecule has 0 saturated carbocycles. The van der Waals surface area contributed by atoms with Crippen molar-refractivity contribution >= 4 is 11.0 Å². The molecule has 0 aliphatic heterocycles. The van der Waals surface area contributed by atoms with Gasteiger partial charge in [0, 0.05) is 10.9 Å². The molecular formula is C16H14FNO. The Balaban J connectivity index is 2.09. The third-order valence-electron chi connectivity index (χ3n) is 3.31. The van der Waals surface area contributed by atoms with Gasteiger partial charge in [0.05, 0.1) is 12.3 Å². The molecule has 19 heavy (non-hydrogen) atoms. The minimum atomic E-state index is -0.226. The molecule has 2 aromatic carbocycles. The van der Waals surface area contributed by atoms with E-state index in [0.29, 0.717) is 0 Å². The average molecular weight is 255 g/mol. The summed E-state index contributed by atoms with van der Waals surface area (Å²) in [5.41, 5.74) is 2.93. The Bertz CT molecular complexity index is 687. The van der Waals surface area contributed by atoms with E-state index in [9.17, 15) is 4.39 Å². The second-order valence-corrected chi connectivity index (χ2v) is 4.46. The van der Waals surface area contributed by atoms with Crippen molar-refractivity contribution in [2.24, 2.45) is 0 Å². The maximum Gasteiger partial charge on any atom is 0.134 e. The Morgan fingerprint density at radius 2 is 1.79 bits per heavy atom. The predicted octanol–water partition coefficient (Wildman–Crippen LogP) is 3.88. The molecule has 96 valence electrons. The number of hydrogen-bond acceptors (Lipinski definition) is 2. The van der Waals surface area contributed by atoms with E-state index in [1.165, 1.54) is 12.1 Å². The number of benzene rings is 2. The number of halogens is 1. The SMILES string of the molecule is CNC(c1ccc(F)cc1)c1coc2ccccc12. The van der Waals surface area contributed by atoms with Crippen molar-refractivity contribution in [3.63, 3.8) is 0 Å². The van der Waals surface area contributed by atoms with E-state index < -0.39 is 0 Å². The molecule has 0 fully saturated rings. The molecule has 3 rings (SSSR count). The highest BCUT2D eigenvalue weighted by molar-refractivity contribution is 5.81. The lowest BCUT2D eigenvalue weighted by Crippen LogP contribution is -2.17. The largest absolute Gasteiger partial charge is 0.464 e. The van der Waals surface area contributed by atoms with E-state index in [-0.39, 0.29) is 11.9 Å². The summed E-state index contributed by atoms with van der Waals surface area (Å²) in [5, 5.41) is 4.33. The summed E-state index contributed by atoms with van der Waals surface area (Å²) in [6.07, 6.45) is 1.76. The molecular weight excluding hydrogens is 241 g/mol. The lowest BCUT2D eigenvalue weighted by atomic mass is 9.98. The van der Waals surface area contributed by atoms with Crippen LogP contribution in [0.5, 0.6) is 0 Å². The molecule has 3 heteroatoms. The van der Waals surface area contributed by atoms with Gasteiger partial charge in [-0.05, 0) is 30.8 Å². The smallest absolute Gasteiger partial charge is 0.134 e. The highest BCUT2D eigenvalue weighted by atomic mass is 19.1. The first kappa shape index (κ1) is 11.9. The van der Waals surface area contributed by atoms with Gasteiger partial charge >= 0.3 is 0 Å². The monoisotopic (exact) mass is 255 g/mol. The van der Waals surface area contributed by atoms with Crippen LogP contribution in [0.3, 0.4) is 0 Å². The van der Waals surface area contributed by atoms with E-state index in [0.717, 1.165) is 22.1 Å². The van der Waals surface area contributed by atoms with Gasteiger partial charge in [-0.3, -0.25) is 0 Å². The van der Waals surface area contributed by atoms with Crippen molar-refractivity contribution in [3.8, 4) is 0 Å². The Kier molecular flexibility index (Phi) is 3.05. The van der Waals surface area contributed by atoms with Crippen molar-refractivity contribution in [2.45, 2.75) is 6.04 Å². The molecule has 0 bridgehead atoms. The fourth-order valence-electron chi connectivity index (χ4n) is 2.38. The standard InChI is InChI=1S/C16H14FNO/c1-18-16(11-6-8-12(17)9-7-11)14-10-19-15-5-3-2-4-13(14)15/h2-10,16,18H,1H3. The van der Waals surface area contributed by atoms with Gasteiger partial charge in [-0.1, -0.05) is 30.3 Å². The predicted molar refractivity (Wildman–Crippen MR) is 73.5 cm³/mol. The van der Waals surface area contributed by atoms with Crippen LogP contribution in [-0.2, 0) is 0 Å². The van der Waals surface area contributed by atoms with Crippen LogP contribution in [0.4, 0.5) is 4.39 Å². The first-order valence-electron chi connectivity index (χ1n) is 6.18. The Morgan fingerprint density at radius 1 is 1.05 bits per heavy atom. The summed E-state index contributed by atoms with van der Waals surface area (Å²) < 4.78 is 18.6. The Labute approximate surface area is 110 Å². The zero-order chi connectivity index (χ0) is 13.2. The van der Waals surface area contributed by atoms with Gasteiger partial charge in [0.2, 0.25) is 0 Å². The fourth-order valence-corrected chi connectivity index (χ4v) is 2.38. The molecule has 0 aliphatic carbocycles. The van der Waals surface area contributed by atoms with Crippen LogP contribution in [0, 0.1) is 5.82 Å². The van der Waals surface area contributed by atoms with Gasteiger partial charge in [-0.25, -0.2) is 4.39 Å². The molecule has 1 heterocycles. The number of fused-ring (bicyclic) bond motifs is 1. The highest BCUT2D eigenvalue weighted by Gasteiger charge is 2.17. The minimum absolute atomic E-state index is 0.00995. The average Bonchev–Trinajstić information content (AvgIpc) is 2.86. The maximum atomic E-state index is 13.0. The molecule has 1 atom stereocenters. The molecule has 0 saturated heterocycles. The van der Waals surface area contributed by atoms with E-state index in [2.05, 4.69) is 5.32 Å². The summed E-state index contributed by atoms with van der Waals surface area (Å²) >= 11 is 0. The van der Waals surface area contributed by atoms with Crippen molar-refractivity contribution in [1.82, 2.24) is 5.32 Å². The molecule has 1 N–H and O–H groups in total. The van der Waals surface area contributed by atoms with Crippen LogP contribution >= 0.6 is 0 Å². The fraction of sp³-hybridized carbons (Fsp3) is 0.125. The third-order valence-corrected chi connectivity index (χ3v) is 3.31. The second kappa shape index (κ2) is 4.86. The summed E-state index contributed by atoms with van der Waals surface area (Å²) in [6.45, 7) is 0. The van der Waals surface area contributed by atoms with E-state index in [1.54, 1.807) is 18.4 Å². The van der Waals surface area contributed by atoms with Crippen molar-refractivity contribution in [1.29, 1.82) is 0 Å². The normalized spacial score (nSPS) is 12.7. The lowest BCUT2D eigenvalue weighted by molar-refractivity contribution is 0.595. The van der Waals surface area contributed by atoms with Crippen LogP contribution in [0.2, 0.25) is 0 Å². The maximum absolute atomic E-state index is 13.0. The number of hydrogen-bond donors (Lipinski definition) is 1. The van der Waals surface area contributed by atoms with E-state index in [4.69, 9.17) is 4.42 Å². The molecule has 0 amide bonds. The summed E-state index contributed by atoms with van der Waals surface area (Å²) in [5.74, 6) is -0.226. The van der Waals surface area contributed by atoms with Gasteiger partial charge in [0.25, 0.3) is 0 Å². The van der Waals surface area contributed by atoms with Crippen molar-refractivity contribution in [3.05, 3.63) is 71.7 Å². The van der Waals surface area contributed by atoms with Gasteiger partial charge in [-0.2, -0.15) is 0 Å². The number of furan rings is 1. The van der Waals surface area contributed by atoms with Crippen molar-refractivity contribution < 1.29 is 8.81 Å². The van der Waals surface area contributed by atoms with Crippen LogP contribution < -0.4 is 5.32 Å². The van der Waals surface area contributed by atoms with Gasteiger partial charge in [0.1, 0.15) is 11.4 Å². The Morgan fingerprint density at radius 3 is 2.53 bits per heavy atom. The van der Waals surface area contributed by atoms with Crippen LogP contribution in [0.15, 0.2) is 59.2 Å². The quantitative estimate of drug-likeness (QED) is 0.768. The van der Waals surface area contributed by atoms with E-state index in [1.807, 2.05) is 31.3 Å². The van der Waals surface area contributed by atoms with Gasteiger partial charge < -0.3 is 9.73 Å². The van der Waals surface area contributed by atoms with Crippen LogP contribution in [0.1, 0.15) is 17.2 Å². The Hall–Kier alpha value is -2.13. The zero-order valence-corrected chi connectivity index (χ0v) is 10.6. The minimum Gasteiger partial charge on any atom is -0.464 e. The molecule has 0 spiro atoms. The number of nitrogens with one attached hydrogen (secondary N) is 1.